The molecule has 0 amide bonds. The smallest absolute Gasteiger partial charge is 0.166 e. The zero-order valence-corrected chi connectivity index (χ0v) is 11.6. The lowest BCUT2D eigenvalue weighted by Crippen LogP contribution is -2.42. The lowest BCUT2D eigenvalue weighted by molar-refractivity contribution is 0.0851. The fraction of sp³-hybridized carbons (Fsp3) is 0.500. The van der Waals surface area contributed by atoms with E-state index in [4.69, 9.17) is 9.47 Å². The van der Waals surface area contributed by atoms with Gasteiger partial charge in [-0.3, -0.25) is 0 Å². The van der Waals surface area contributed by atoms with Gasteiger partial charge in [-0.05, 0) is 24.6 Å². The van der Waals surface area contributed by atoms with E-state index >= 15 is 0 Å². The minimum Gasteiger partial charge on any atom is -0.493 e. The molecule has 1 aliphatic carbocycles. The van der Waals surface area contributed by atoms with Crippen LogP contribution in [0.1, 0.15) is 24.0 Å². The maximum atomic E-state index is 9.92. The third-order valence-electron chi connectivity index (χ3n) is 4.83. The van der Waals surface area contributed by atoms with Gasteiger partial charge in [0.05, 0.1) is 18.6 Å². The van der Waals surface area contributed by atoms with Gasteiger partial charge in [0, 0.05) is 18.5 Å². The van der Waals surface area contributed by atoms with Crippen molar-refractivity contribution in [1.29, 1.82) is 0 Å². The van der Waals surface area contributed by atoms with Crippen molar-refractivity contribution in [3.05, 3.63) is 35.4 Å². The van der Waals surface area contributed by atoms with Crippen molar-refractivity contribution in [3.8, 4) is 11.5 Å². The lowest BCUT2D eigenvalue weighted by atomic mass is 9.69. The zero-order valence-electron chi connectivity index (χ0n) is 11.6. The van der Waals surface area contributed by atoms with Crippen molar-refractivity contribution in [2.75, 3.05) is 13.7 Å². The molecule has 0 saturated carbocycles. The van der Waals surface area contributed by atoms with Crippen LogP contribution in [0.25, 0.3) is 0 Å². The zero-order chi connectivity index (χ0) is 13.7. The van der Waals surface area contributed by atoms with Gasteiger partial charge in [-0.25, -0.2) is 0 Å². The summed E-state index contributed by atoms with van der Waals surface area (Å²) in [5, 5.41) is 13.4. The highest BCUT2D eigenvalue weighted by Gasteiger charge is 2.52. The Bertz CT molecular complexity index is 583. The van der Waals surface area contributed by atoms with E-state index in [1.807, 2.05) is 12.1 Å². The Hall–Kier alpha value is -1.52. The molecule has 2 aliphatic heterocycles. The van der Waals surface area contributed by atoms with Gasteiger partial charge in [-0.15, -0.1) is 0 Å². The lowest BCUT2D eigenvalue weighted by Gasteiger charge is -2.35. The average Bonchev–Trinajstić information content (AvgIpc) is 2.66. The monoisotopic (exact) mass is 273 g/mol. The first-order valence-corrected chi connectivity index (χ1v) is 7.20. The second-order valence-corrected chi connectivity index (χ2v) is 5.87. The SMILES string of the molecule is COc1ccc2c3c1O[C@@H]1C[C@@H](O)C=C[C@@]31CCNC2. The highest BCUT2D eigenvalue weighted by atomic mass is 16.5. The van der Waals surface area contributed by atoms with Crippen LogP contribution in [-0.2, 0) is 12.0 Å². The van der Waals surface area contributed by atoms with Crippen LogP contribution in [-0.4, -0.2) is 31.0 Å². The normalized spacial score (nSPS) is 33.9. The highest BCUT2D eigenvalue weighted by molar-refractivity contribution is 5.60. The van der Waals surface area contributed by atoms with Crippen LogP contribution in [0.5, 0.6) is 11.5 Å². The van der Waals surface area contributed by atoms with E-state index in [9.17, 15) is 5.11 Å². The number of aliphatic hydroxyl groups excluding tert-OH is 1. The van der Waals surface area contributed by atoms with E-state index in [0.29, 0.717) is 6.42 Å². The Kier molecular flexibility index (Phi) is 2.59. The van der Waals surface area contributed by atoms with Crippen LogP contribution in [0.3, 0.4) is 0 Å². The number of hydrogen-bond acceptors (Lipinski definition) is 4. The largest absolute Gasteiger partial charge is 0.493 e. The van der Waals surface area contributed by atoms with Crippen molar-refractivity contribution in [3.63, 3.8) is 0 Å². The van der Waals surface area contributed by atoms with Crippen LogP contribution in [0, 0.1) is 0 Å². The molecule has 1 spiro atoms. The summed E-state index contributed by atoms with van der Waals surface area (Å²) >= 11 is 0. The van der Waals surface area contributed by atoms with E-state index in [1.165, 1.54) is 11.1 Å². The van der Waals surface area contributed by atoms with Gasteiger partial charge < -0.3 is 19.9 Å². The molecular weight excluding hydrogens is 254 g/mol. The van der Waals surface area contributed by atoms with Crippen molar-refractivity contribution < 1.29 is 14.6 Å². The third kappa shape index (κ3) is 1.49. The number of aliphatic hydroxyl groups is 1. The average molecular weight is 273 g/mol. The molecule has 4 rings (SSSR count). The molecule has 2 heterocycles. The fourth-order valence-electron chi connectivity index (χ4n) is 3.87. The molecule has 0 aromatic heterocycles. The third-order valence-corrected chi connectivity index (χ3v) is 4.83. The Morgan fingerprint density at radius 3 is 3.20 bits per heavy atom. The topological polar surface area (TPSA) is 50.7 Å². The van der Waals surface area contributed by atoms with Crippen molar-refractivity contribution >= 4 is 0 Å². The quantitative estimate of drug-likeness (QED) is 0.762. The molecule has 3 aliphatic rings. The van der Waals surface area contributed by atoms with Crippen LogP contribution >= 0.6 is 0 Å². The number of ether oxygens (including phenoxy) is 2. The minimum absolute atomic E-state index is 0.00690. The van der Waals surface area contributed by atoms with Gasteiger partial charge in [-0.1, -0.05) is 18.2 Å². The summed E-state index contributed by atoms with van der Waals surface area (Å²) in [6, 6.07) is 4.11. The number of methoxy groups -OCH3 is 1. The van der Waals surface area contributed by atoms with Gasteiger partial charge in [0.1, 0.15) is 6.10 Å². The first kappa shape index (κ1) is 12.2. The Morgan fingerprint density at radius 1 is 1.45 bits per heavy atom. The molecule has 3 atom stereocenters. The van der Waals surface area contributed by atoms with E-state index in [-0.39, 0.29) is 11.5 Å². The molecule has 2 N–H and O–H groups in total. The second kappa shape index (κ2) is 4.24. The van der Waals surface area contributed by atoms with E-state index in [1.54, 1.807) is 7.11 Å². The molecule has 4 heteroatoms. The van der Waals surface area contributed by atoms with Crippen molar-refractivity contribution in [2.45, 2.75) is 37.0 Å². The standard InChI is InChI=1S/C16H19NO3/c1-19-12-3-2-10-9-17-7-6-16-5-4-11(18)8-13(16)20-15(12)14(10)16/h2-5,11,13,17-18H,6-9H2,1H3/t11-,13+,16-/m0/s1. The Labute approximate surface area is 118 Å². The number of rotatable bonds is 1. The van der Waals surface area contributed by atoms with E-state index in [0.717, 1.165) is 31.0 Å². The number of nitrogens with one attached hydrogen (secondary N) is 1. The summed E-state index contributed by atoms with van der Waals surface area (Å²) in [4.78, 5) is 0. The summed E-state index contributed by atoms with van der Waals surface area (Å²) in [6.07, 6.45) is 5.32. The predicted octanol–water partition coefficient (Wildman–Crippen LogP) is 1.51. The second-order valence-electron chi connectivity index (χ2n) is 5.87. The fourth-order valence-corrected chi connectivity index (χ4v) is 3.87. The van der Waals surface area contributed by atoms with Crippen LogP contribution in [0.15, 0.2) is 24.3 Å². The molecule has 0 saturated heterocycles. The molecule has 20 heavy (non-hydrogen) atoms. The predicted molar refractivity (Wildman–Crippen MR) is 75.2 cm³/mol. The molecule has 4 nitrogen and oxygen atoms in total. The van der Waals surface area contributed by atoms with Gasteiger partial charge >= 0.3 is 0 Å². The van der Waals surface area contributed by atoms with Gasteiger partial charge in [0.15, 0.2) is 11.5 Å². The maximum absolute atomic E-state index is 9.92. The van der Waals surface area contributed by atoms with Gasteiger partial charge in [0.25, 0.3) is 0 Å². The first-order valence-electron chi connectivity index (χ1n) is 7.20. The summed E-state index contributed by atoms with van der Waals surface area (Å²) in [6.45, 7) is 1.82. The molecule has 0 fully saturated rings. The summed E-state index contributed by atoms with van der Waals surface area (Å²) < 4.78 is 11.7. The molecule has 106 valence electrons. The number of hydrogen-bond donors (Lipinski definition) is 2. The van der Waals surface area contributed by atoms with Crippen LogP contribution in [0.4, 0.5) is 0 Å². The highest BCUT2D eigenvalue weighted by Crippen LogP contribution is 2.55. The number of benzene rings is 1. The Morgan fingerprint density at radius 2 is 2.35 bits per heavy atom. The van der Waals surface area contributed by atoms with Crippen molar-refractivity contribution in [1.82, 2.24) is 5.32 Å². The minimum atomic E-state index is -0.411. The molecule has 1 aromatic rings. The van der Waals surface area contributed by atoms with Gasteiger partial charge in [-0.2, -0.15) is 0 Å². The van der Waals surface area contributed by atoms with Crippen LogP contribution in [0.2, 0.25) is 0 Å². The van der Waals surface area contributed by atoms with E-state index < -0.39 is 6.10 Å². The van der Waals surface area contributed by atoms with Crippen molar-refractivity contribution in [2.24, 2.45) is 0 Å². The molecule has 1 aromatic carbocycles. The summed E-state index contributed by atoms with van der Waals surface area (Å²) in [7, 11) is 1.68. The van der Waals surface area contributed by atoms with Crippen LogP contribution < -0.4 is 14.8 Å². The molecule has 0 unspecified atom stereocenters. The first-order chi connectivity index (χ1) is 9.74. The Balaban J connectivity index is 1.96. The van der Waals surface area contributed by atoms with Gasteiger partial charge in [0.2, 0.25) is 0 Å². The molecular formula is C16H19NO3. The van der Waals surface area contributed by atoms with E-state index in [2.05, 4.69) is 17.5 Å². The maximum Gasteiger partial charge on any atom is 0.166 e. The molecule has 0 radical (unpaired) electrons. The molecule has 0 bridgehead atoms. The summed E-state index contributed by atoms with van der Waals surface area (Å²) in [5.41, 5.74) is 2.43. The summed E-state index contributed by atoms with van der Waals surface area (Å²) in [5.74, 6) is 1.67.